The standard InChI is InChI=1S/C12H20N2O4S/c1-7-4-11(13)9(3)12(8(7)2)19(17,18)14-5-10(16)6-15/h4,10,14-16H,5-6,13H2,1-3H3. The van der Waals surface area contributed by atoms with Crippen molar-refractivity contribution in [1.82, 2.24) is 4.72 Å². The number of nitrogens with one attached hydrogen (secondary N) is 1. The van der Waals surface area contributed by atoms with Crippen molar-refractivity contribution in [3.63, 3.8) is 0 Å². The first-order valence-corrected chi connectivity index (χ1v) is 7.34. The van der Waals surface area contributed by atoms with Gasteiger partial charge in [-0.2, -0.15) is 0 Å². The Bertz CT molecular complexity index is 543. The van der Waals surface area contributed by atoms with Crippen LogP contribution in [-0.2, 0) is 10.0 Å². The molecule has 5 N–H and O–H groups in total. The minimum absolute atomic E-state index is 0.134. The number of nitrogens with two attached hydrogens (primary N) is 1. The molecule has 0 spiro atoms. The highest BCUT2D eigenvalue weighted by atomic mass is 32.2. The maximum Gasteiger partial charge on any atom is 0.241 e. The highest BCUT2D eigenvalue weighted by Crippen LogP contribution is 2.27. The lowest BCUT2D eigenvalue weighted by Gasteiger charge is -2.16. The van der Waals surface area contributed by atoms with Gasteiger partial charge in [0.15, 0.2) is 0 Å². The number of aliphatic hydroxyl groups excluding tert-OH is 2. The summed E-state index contributed by atoms with van der Waals surface area (Å²) in [4.78, 5) is 0.134. The van der Waals surface area contributed by atoms with E-state index in [2.05, 4.69) is 4.72 Å². The molecule has 1 aromatic rings. The Balaban J connectivity index is 3.22. The molecular weight excluding hydrogens is 268 g/mol. The number of hydrogen-bond acceptors (Lipinski definition) is 5. The highest BCUT2D eigenvalue weighted by molar-refractivity contribution is 7.89. The van der Waals surface area contributed by atoms with Crippen LogP contribution in [0.25, 0.3) is 0 Å². The number of aliphatic hydroxyl groups is 2. The van der Waals surface area contributed by atoms with E-state index in [0.29, 0.717) is 16.8 Å². The van der Waals surface area contributed by atoms with Gasteiger partial charge in [-0.25, -0.2) is 13.1 Å². The summed E-state index contributed by atoms with van der Waals surface area (Å²) in [6.07, 6.45) is -1.13. The number of hydrogen-bond donors (Lipinski definition) is 4. The summed E-state index contributed by atoms with van der Waals surface area (Å²) in [6, 6.07) is 1.73. The molecule has 19 heavy (non-hydrogen) atoms. The van der Waals surface area contributed by atoms with E-state index in [1.54, 1.807) is 26.8 Å². The fraction of sp³-hybridized carbons (Fsp3) is 0.500. The van der Waals surface area contributed by atoms with Crippen LogP contribution in [0.2, 0.25) is 0 Å². The largest absolute Gasteiger partial charge is 0.398 e. The lowest BCUT2D eigenvalue weighted by Crippen LogP contribution is -2.34. The van der Waals surface area contributed by atoms with Crippen LogP contribution in [0.1, 0.15) is 16.7 Å². The Morgan fingerprint density at radius 1 is 1.32 bits per heavy atom. The Kier molecular flexibility index (Phi) is 4.92. The van der Waals surface area contributed by atoms with Crippen molar-refractivity contribution in [1.29, 1.82) is 0 Å². The van der Waals surface area contributed by atoms with Crippen molar-refractivity contribution in [2.45, 2.75) is 31.8 Å². The molecule has 0 heterocycles. The van der Waals surface area contributed by atoms with Crippen molar-refractivity contribution < 1.29 is 18.6 Å². The minimum Gasteiger partial charge on any atom is -0.398 e. The van der Waals surface area contributed by atoms with E-state index in [1.807, 2.05) is 0 Å². The zero-order chi connectivity index (χ0) is 14.8. The second kappa shape index (κ2) is 5.87. The maximum absolute atomic E-state index is 12.2. The van der Waals surface area contributed by atoms with E-state index in [0.717, 1.165) is 5.56 Å². The molecule has 0 saturated heterocycles. The molecule has 1 unspecified atom stereocenters. The third kappa shape index (κ3) is 3.44. The van der Waals surface area contributed by atoms with Crippen molar-refractivity contribution in [2.24, 2.45) is 0 Å². The molecule has 0 aliphatic carbocycles. The van der Waals surface area contributed by atoms with Gasteiger partial charge >= 0.3 is 0 Å². The number of anilines is 1. The first kappa shape index (κ1) is 15.9. The van der Waals surface area contributed by atoms with Gasteiger partial charge in [0.25, 0.3) is 0 Å². The molecule has 0 radical (unpaired) electrons. The zero-order valence-corrected chi connectivity index (χ0v) is 12.1. The summed E-state index contributed by atoms with van der Waals surface area (Å²) in [7, 11) is -3.77. The molecule has 1 rings (SSSR count). The average molecular weight is 288 g/mol. The molecule has 6 nitrogen and oxygen atoms in total. The Labute approximate surface area is 113 Å². The van der Waals surface area contributed by atoms with Crippen LogP contribution in [-0.4, -0.2) is 37.9 Å². The fourth-order valence-electron chi connectivity index (χ4n) is 1.79. The van der Waals surface area contributed by atoms with E-state index in [4.69, 9.17) is 10.8 Å². The molecule has 0 fully saturated rings. The van der Waals surface area contributed by atoms with E-state index in [1.165, 1.54) is 0 Å². The van der Waals surface area contributed by atoms with Crippen LogP contribution >= 0.6 is 0 Å². The van der Waals surface area contributed by atoms with Crippen molar-refractivity contribution in [3.05, 3.63) is 22.8 Å². The highest BCUT2D eigenvalue weighted by Gasteiger charge is 2.22. The summed E-state index contributed by atoms with van der Waals surface area (Å²) in [5.74, 6) is 0. The monoisotopic (exact) mass is 288 g/mol. The summed E-state index contributed by atoms with van der Waals surface area (Å²) in [6.45, 7) is 4.38. The molecule has 0 amide bonds. The van der Waals surface area contributed by atoms with E-state index < -0.39 is 22.7 Å². The zero-order valence-electron chi connectivity index (χ0n) is 11.3. The predicted molar refractivity (Wildman–Crippen MR) is 73.3 cm³/mol. The van der Waals surface area contributed by atoms with Crippen LogP contribution in [0.5, 0.6) is 0 Å². The number of benzene rings is 1. The third-order valence-electron chi connectivity index (χ3n) is 3.07. The van der Waals surface area contributed by atoms with Crippen LogP contribution < -0.4 is 10.5 Å². The molecule has 0 bridgehead atoms. The van der Waals surface area contributed by atoms with E-state index >= 15 is 0 Å². The van der Waals surface area contributed by atoms with E-state index in [-0.39, 0.29) is 11.4 Å². The summed E-state index contributed by atoms with van der Waals surface area (Å²) in [5, 5.41) is 17.9. The second-order valence-corrected chi connectivity index (χ2v) is 6.25. The fourth-order valence-corrected chi connectivity index (χ4v) is 3.43. The minimum atomic E-state index is -3.77. The summed E-state index contributed by atoms with van der Waals surface area (Å²) < 4.78 is 26.7. The van der Waals surface area contributed by atoms with Crippen LogP contribution in [0, 0.1) is 20.8 Å². The van der Waals surface area contributed by atoms with Crippen LogP contribution in [0.4, 0.5) is 5.69 Å². The van der Waals surface area contributed by atoms with Gasteiger partial charge in [0.05, 0.1) is 17.6 Å². The molecule has 0 saturated carbocycles. The van der Waals surface area contributed by atoms with Crippen LogP contribution in [0.3, 0.4) is 0 Å². The maximum atomic E-state index is 12.2. The molecular formula is C12H20N2O4S. The lowest BCUT2D eigenvalue weighted by atomic mass is 10.1. The number of nitrogen functional groups attached to an aromatic ring is 1. The molecule has 0 aromatic heterocycles. The first-order valence-electron chi connectivity index (χ1n) is 5.85. The van der Waals surface area contributed by atoms with Crippen molar-refractivity contribution in [3.8, 4) is 0 Å². The third-order valence-corrected chi connectivity index (χ3v) is 4.76. The predicted octanol–water partition coefficient (Wildman–Crippen LogP) is -0.174. The molecule has 7 heteroatoms. The van der Waals surface area contributed by atoms with Gasteiger partial charge in [-0.15, -0.1) is 0 Å². The van der Waals surface area contributed by atoms with E-state index in [9.17, 15) is 13.5 Å². The number of rotatable bonds is 5. The quantitative estimate of drug-likeness (QED) is 0.562. The van der Waals surface area contributed by atoms with Crippen LogP contribution in [0.15, 0.2) is 11.0 Å². The van der Waals surface area contributed by atoms with Gasteiger partial charge in [-0.05, 0) is 43.5 Å². The van der Waals surface area contributed by atoms with Gasteiger partial charge in [0, 0.05) is 12.2 Å². The Hall–Kier alpha value is -1.15. The van der Waals surface area contributed by atoms with Crippen molar-refractivity contribution in [2.75, 3.05) is 18.9 Å². The van der Waals surface area contributed by atoms with Crippen molar-refractivity contribution >= 4 is 15.7 Å². The average Bonchev–Trinajstić information content (AvgIpc) is 2.33. The summed E-state index contributed by atoms with van der Waals surface area (Å²) in [5.41, 5.74) is 8.08. The number of aryl methyl sites for hydroxylation is 1. The number of sulfonamides is 1. The Morgan fingerprint density at radius 3 is 2.42 bits per heavy atom. The molecule has 0 aliphatic heterocycles. The topological polar surface area (TPSA) is 113 Å². The van der Waals surface area contributed by atoms with Gasteiger partial charge in [0.2, 0.25) is 10.0 Å². The van der Waals surface area contributed by atoms with Gasteiger partial charge in [-0.3, -0.25) is 0 Å². The SMILES string of the molecule is Cc1cc(N)c(C)c(S(=O)(=O)NCC(O)CO)c1C. The first-order chi connectivity index (χ1) is 8.70. The molecule has 1 aromatic carbocycles. The van der Waals surface area contributed by atoms with Gasteiger partial charge in [0.1, 0.15) is 0 Å². The Morgan fingerprint density at radius 2 is 1.89 bits per heavy atom. The molecule has 108 valence electrons. The van der Waals surface area contributed by atoms with Gasteiger partial charge < -0.3 is 15.9 Å². The lowest BCUT2D eigenvalue weighted by molar-refractivity contribution is 0.0988. The molecule has 1 atom stereocenters. The summed E-state index contributed by atoms with van der Waals surface area (Å²) >= 11 is 0. The second-order valence-electron chi connectivity index (χ2n) is 4.55. The smallest absolute Gasteiger partial charge is 0.241 e. The van der Waals surface area contributed by atoms with Gasteiger partial charge in [-0.1, -0.05) is 0 Å². The normalized spacial score (nSPS) is 13.5. The molecule has 0 aliphatic rings.